The van der Waals surface area contributed by atoms with Crippen molar-refractivity contribution in [2.45, 2.75) is 27.0 Å². The summed E-state index contributed by atoms with van der Waals surface area (Å²) in [4.78, 5) is 21.7. The molecule has 1 N–H and O–H groups in total. The highest BCUT2D eigenvalue weighted by Crippen LogP contribution is 2.32. The molecular weight excluding hydrogens is 415 g/mol. The van der Waals surface area contributed by atoms with Gasteiger partial charge in [0.2, 0.25) is 5.88 Å². The zero-order valence-electron chi connectivity index (χ0n) is 17.4. The van der Waals surface area contributed by atoms with Gasteiger partial charge in [0.25, 0.3) is 5.91 Å². The Labute approximate surface area is 184 Å². The van der Waals surface area contributed by atoms with E-state index in [9.17, 15) is 9.18 Å². The third kappa shape index (κ3) is 4.34. The van der Waals surface area contributed by atoms with Crippen LogP contribution in [0.3, 0.4) is 0 Å². The minimum Gasteiger partial charge on any atom is -0.471 e. The molecule has 1 aliphatic rings. The van der Waals surface area contributed by atoms with E-state index in [0.717, 1.165) is 33.5 Å². The number of hydrogen-bond donors (Lipinski definition) is 1. The molecule has 0 fully saturated rings. The van der Waals surface area contributed by atoms with Gasteiger partial charge < -0.3 is 9.30 Å². The fourth-order valence-electron chi connectivity index (χ4n) is 3.51. The number of aryl methyl sites for hydroxylation is 1. The molecule has 8 heteroatoms. The van der Waals surface area contributed by atoms with E-state index in [2.05, 4.69) is 26.4 Å². The molecule has 31 heavy (non-hydrogen) atoms. The molecule has 0 atom stereocenters. The Morgan fingerprint density at radius 2 is 2.13 bits per heavy atom. The van der Waals surface area contributed by atoms with E-state index < -0.39 is 0 Å². The number of fused-ring (bicyclic) bond motifs is 1. The Bertz CT molecular complexity index is 1180. The Balaban J connectivity index is 1.75. The number of allylic oxidation sites excluding steroid dienone is 1. The number of benzene rings is 1. The molecular formula is C23H23FN4O2S. The highest BCUT2D eigenvalue weighted by Gasteiger charge is 2.21. The molecule has 2 aromatic heterocycles. The van der Waals surface area contributed by atoms with E-state index in [1.807, 2.05) is 19.9 Å². The predicted octanol–water partition coefficient (Wildman–Crippen LogP) is 4.39. The van der Waals surface area contributed by atoms with Gasteiger partial charge in [-0.2, -0.15) is 0 Å². The molecule has 0 unspecified atom stereocenters. The lowest BCUT2D eigenvalue weighted by molar-refractivity contribution is 0.0972. The second kappa shape index (κ2) is 8.93. The number of nitrogens with one attached hydrogen (secondary N) is 1. The molecule has 0 aliphatic carbocycles. The molecule has 4 rings (SSSR count). The van der Waals surface area contributed by atoms with E-state index in [-0.39, 0.29) is 24.0 Å². The fourth-order valence-corrected chi connectivity index (χ4v) is 4.23. The molecule has 160 valence electrons. The van der Waals surface area contributed by atoms with Gasteiger partial charge in [-0.1, -0.05) is 30.0 Å². The topological polar surface area (TPSA) is 68.5 Å². The van der Waals surface area contributed by atoms with Crippen LogP contribution in [-0.4, -0.2) is 32.9 Å². The summed E-state index contributed by atoms with van der Waals surface area (Å²) in [6, 6.07) is 7.90. The van der Waals surface area contributed by atoms with Gasteiger partial charge in [0.05, 0.1) is 6.54 Å². The number of ether oxygens (including phenoxy) is 1. The van der Waals surface area contributed by atoms with E-state index in [0.29, 0.717) is 24.1 Å². The first-order valence-electron chi connectivity index (χ1n) is 9.95. The van der Waals surface area contributed by atoms with Gasteiger partial charge in [-0.15, -0.1) is 6.58 Å². The first-order chi connectivity index (χ1) is 15.0. The van der Waals surface area contributed by atoms with Gasteiger partial charge >= 0.3 is 0 Å². The molecule has 0 saturated heterocycles. The lowest BCUT2D eigenvalue weighted by Gasteiger charge is -2.12. The van der Waals surface area contributed by atoms with E-state index >= 15 is 0 Å². The third-order valence-corrected chi connectivity index (χ3v) is 6.11. The third-order valence-electron chi connectivity index (χ3n) is 5.22. The molecule has 0 radical (unpaired) electrons. The summed E-state index contributed by atoms with van der Waals surface area (Å²) in [6.45, 7) is 9.37. The Morgan fingerprint density at radius 3 is 2.81 bits per heavy atom. The van der Waals surface area contributed by atoms with Gasteiger partial charge in [-0.05, 0) is 43.2 Å². The number of amides is 1. The van der Waals surface area contributed by atoms with Crippen LogP contribution in [0, 0.1) is 19.7 Å². The zero-order chi connectivity index (χ0) is 22.0. The van der Waals surface area contributed by atoms with Gasteiger partial charge in [0.1, 0.15) is 23.6 Å². The second-order valence-electron chi connectivity index (χ2n) is 7.22. The molecule has 0 spiro atoms. The van der Waals surface area contributed by atoms with Crippen LogP contribution in [0.5, 0.6) is 5.88 Å². The molecule has 1 amide bonds. The highest BCUT2D eigenvalue weighted by molar-refractivity contribution is 8.14. The van der Waals surface area contributed by atoms with Crippen LogP contribution >= 0.6 is 11.8 Å². The number of hydrogen-bond acceptors (Lipinski definition) is 5. The standard InChI is InChI=1S/C23H23FN4O2S/c1-4-10-28-15(3)14(2)18-12-19(21(29)27-23-25-9-11-31-23)26-22(20(18)28)30-13-16-5-7-17(24)8-6-16/h4-8,12H,1,9-11,13H2,2-3H3,(H,25,27,29). The largest absolute Gasteiger partial charge is 0.471 e. The zero-order valence-corrected chi connectivity index (χ0v) is 18.3. The Morgan fingerprint density at radius 1 is 1.35 bits per heavy atom. The summed E-state index contributed by atoms with van der Waals surface area (Å²) in [5.74, 6) is 0.583. The van der Waals surface area contributed by atoms with Crippen molar-refractivity contribution < 1.29 is 13.9 Å². The maximum Gasteiger partial charge on any atom is 0.275 e. The van der Waals surface area contributed by atoms with Gasteiger partial charge in [0.15, 0.2) is 5.17 Å². The molecule has 0 saturated carbocycles. The van der Waals surface area contributed by atoms with Crippen molar-refractivity contribution in [1.82, 2.24) is 14.9 Å². The summed E-state index contributed by atoms with van der Waals surface area (Å²) in [5.41, 5.74) is 3.97. The Hall–Kier alpha value is -3.13. The maximum atomic E-state index is 13.2. The number of carbonyl (C=O) groups excluding carboxylic acids is 1. The summed E-state index contributed by atoms with van der Waals surface area (Å²) in [6.07, 6.45) is 1.81. The second-order valence-corrected chi connectivity index (χ2v) is 8.31. The van der Waals surface area contributed by atoms with E-state index in [1.54, 1.807) is 18.2 Å². The minimum atomic E-state index is -0.324. The van der Waals surface area contributed by atoms with Crippen LogP contribution in [0.15, 0.2) is 48.0 Å². The molecule has 0 bridgehead atoms. The van der Waals surface area contributed by atoms with E-state index in [4.69, 9.17) is 4.74 Å². The Kier molecular flexibility index (Phi) is 6.08. The average Bonchev–Trinajstić information content (AvgIpc) is 3.36. The highest BCUT2D eigenvalue weighted by atomic mass is 32.2. The number of carbonyl (C=O) groups is 1. The van der Waals surface area contributed by atoms with Gasteiger partial charge in [-0.3, -0.25) is 15.1 Å². The maximum absolute atomic E-state index is 13.2. The van der Waals surface area contributed by atoms with Crippen LogP contribution in [0.2, 0.25) is 0 Å². The summed E-state index contributed by atoms with van der Waals surface area (Å²) in [7, 11) is 0. The van der Waals surface area contributed by atoms with Crippen molar-refractivity contribution in [3.63, 3.8) is 0 Å². The SMILES string of the molecule is C=CCn1c(C)c(C)c2cc(C(=O)NC3=NCCS3)nc(OCc3ccc(F)cc3)c21. The van der Waals surface area contributed by atoms with Crippen LogP contribution in [-0.2, 0) is 13.2 Å². The van der Waals surface area contributed by atoms with Crippen LogP contribution < -0.4 is 10.1 Å². The first-order valence-corrected chi connectivity index (χ1v) is 10.9. The minimum absolute atomic E-state index is 0.202. The molecule has 3 aromatic rings. The smallest absolute Gasteiger partial charge is 0.275 e. The van der Waals surface area contributed by atoms with Crippen molar-refractivity contribution in [1.29, 1.82) is 0 Å². The van der Waals surface area contributed by atoms with Crippen molar-refractivity contribution in [2.24, 2.45) is 4.99 Å². The number of pyridine rings is 1. The number of nitrogens with zero attached hydrogens (tertiary/aromatic N) is 3. The lowest BCUT2D eigenvalue weighted by atomic mass is 10.1. The average molecular weight is 439 g/mol. The molecule has 3 heterocycles. The number of aromatic nitrogens is 2. The summed E-state index contributed by atoms with van der Waals surface area (Å²) < 4.78 is 21.4. The quantitative estimate of drug-likeness (QED) is 0.580. The predicted molar refractivity (Wildman–Crippen MR) is 122 cm³/mol. The lowest BCUT2D eigenvalue weighted by Crippen LogP contribution is -2.28. The number of aliphatic imine (C=N–C) groups is 1. The number of amidine groups is 1. The van der Waals surface area contributed by atoms with E-state index in [1.165, 1.54) is 23.9 Å². The summed E-state index contributed by atoms with van der Waals surface area (Å²) in [5, 5.41) is 4.33. The summed E-state index contributed by atoms with van der Waals surface area (Å²) >= 11 is 1.51. The molecule has 1 aliphatic heterocycles. The van der Waals surface area contributed by atoms with Crippen molar-refractivity contribution in [3.8, 4) is 5.88 Å². The molecule has 6 nitrogen and oxygen atoms in total. The van der Waals surface area contributed by atoms with Crippen molar-refractivity contribution >= 4 is 33.7 Å². The van der Waals surface area contributed by atoms with Gasteiger partial charge in [-0.25, -0.2) is 9.37 Å². The van der Waals surface area contributed by atoms with Crippen molar-refractivity contribution in [3.05, 3.63) is 71.3 Å². The fraction of sp³-hybridized carbons (Fsp3) is 0.261. The van der Waals surface area contributed by atoms with Crippen LogP contribution in [0.25, 0.3) is 10.9 Å². The number of rotatable bonds is 6. The monoisotopic (exact) mass is 438 g/mol. The molecule has 1 aromatic carbocycles. The number of halogens is 1. The van der Waals surface area contributed by atoms with Gasteiger partial charge in [0, 0.05) is 23.4 Å². The van der Waals surface area contributed by atoms with Crippen LogP contribution in [0.1, 0.15) is 27.3 Å². The van der Waals surface area contributed by atoms with Crippen molar-refractivity contribution in [2.75, 3.05) is 12.3 Å². The normalized spacial score (nSPS) is 13.3. The number of thioether (sulfide) groups is 1. The first kappa shape index (κ1) is 21.1. The van der Waals surface area contributed by atoms with Crippen LogP contribution in [0.4, 0.5) is 4.39 Å².